The van der Waals surface area contributed by atoms with Gasteiger partial charge in [-0.3, -0.25) is 4.55 Å². The molecule has 192 valence electrons. The molecule has 1 aliphatic heterocycles. The van der Waals surface area contributed by atoms with Crippen LogP contribution in [0, 0.1) is 0 Å². The molecule has 3 aromatic rings. The van der Waals surface area contributed by atoms with Crippen LogP contribution in [-0.2, 0) is 36.3 Å². The molecule has 0 amide bonds. The third-order valence-corrected chi connectivity index (χ3v) is 9.05. The number of halogens is 2. The zero-order valence-electron chi connectivity index (χ0n) is 19.9. The van der Waals surface area contributed by atoms with Crippen LogP contribution in [0.2, 0.25) is 0 Å². The predicted molar refractivity (Wildman–Crippen MR) is 132 cm³/mol. The minimum Gasteiger partial charge on any atom is -0.483 e. The van der Waals surface area contributed by atoms with E-state index >= 15 is 0 Å². The van der Waals surface area contributed by atoms with Gasteiger partial charge in [-0.1, -0.05) is 18.2 Å². The van der Waals surface area contributed by atoms with Crippen molar-refractivity contribution in [1.29, 1.82) is 0 Å². The van der Waals surface area contributed by atoms with Gasteiger partial charge in [0, 0.05) is 5.56 Å². The molecular formula is C26H27F2O6S2+. The smallest absolute Gasteiger partial charge is 0.405 e. The van der Waals surface area contributed by atoms with Gasteiger partial charge in [0.25, 0.3) is 0 Å². The first kappa shape index (κ1) is 26.6. The molecule has 4 rings (SSSR count). The molecule has 1 heterocycles. The fourth-order valence-corrected chi connectivity index (χ4v) is 6.40. The van der Waals surface area contributed by atoms with Gasteiger partial charge in [0.05, 0.1) is 23.6 Å². The number of ether oxygens (including phenoxy) is 3. The zero-order valence-corrected chi connectivity index (χ0v) is 21.6. The SMILES string of the molecule is CC1COC(C)(c2ccc([S+](c3ccccc3)c3ccc(OC(C)C(F)(F)S(=O)(=O)O)cc3)cc2)O1. The Balaban J connectivity index is 1.62. The van der Waals surface area contributed by atoms with Crippen molar-refractivity contribution in [2.45, 2.75) is 58.7 Å². The topological polar surface area (TPSA) is 82.1 Å². The van der Waals surface area contributed by atoms with Crippen LogP contribution in [0.4, 0.5) is 8.78 Å². The van der Waals surface area contributed by atoms with Crippen LogP contribution in [-0.4, -0.2) is 37.0 Å². The maximum Gasteiger partial charge on any atom is 0.405 e. The lowest BCUT2D eigenvalue weighted by atomic mass is 10.1. The lowest BCUT2D eigenvalue weighted by Gasteiger charge is -2.23. The molecule has 6 nitrogen and oxygen atoms in total. The Kier molecular flexibility index (Phi) is 7.45. The van der Waals surface area contributed by atoms with Crippen molar-refractivity contribution in [3.05, 3.63) is 84.4 Å². The molecule has 10 heteroatoms. The molecule has 4 unspecified atom stereocenters. The van der Waals surface area contributed by atoms with Crippen molar-refractivity contribution in [1.82, 2.24) is 0 Å². The van der Waals surface area contributed by atoms with Crippen LogP contribution in [0.25, 0.3) is 0 Å². The van der Waals surface area contributed by atoms with Crippen molar-refractivity contribution in [2.24, 2.45) is 0 Å². The minimum absolute atomic E-state index is 0.00880. The first-order valence-electron chi connectivity index (χ1n) is 11.2. The Morgan fingerprint density at radius 3 is 2.03 bits per heavy atom. The van der Waals surface area contributed by atoms with E-state index in [1.54, 1.807) is 12.1 Å². The maximum absolute atomic E-state index is 13.9. The average Bonchev–Trinajstić information content (AvgIpc) is 3.20. The summed E-state index contributed by atoms with van der Waals surface area (Å²) in [6.07, 6.45) is -2.07. The fourth-order valence-electron chi connectivity index (χ4n) is 3.88. The fraction of sp³-hybridized carbons (Fsp3) is 0.308. The van der Waals surface area contributed by atoms with E-state index in [9.17, 15) is 17.2 Å². The predicted octanol–water partition coefficient (Wildman–Crippen LogP) is 5.64. The molecule has 36 heavy (non-hydrogen) atoms. The van der Waals surface area contributed by atoms with Crippen molar-refractivity contribution in [3.63, 3.8) is 0 Å². The van der Waals surface area contributed by atoms with Gasteiger partial charge in [-0.15, -0.1) is 0 Å². The van der Waals surface area contributed by atoms with Gasteiger partial charge in [-0.2, -0.15) is 17.2 Å². The van der Waals surface area contributed by atoms with Crippen LogP contribution >= 0.6 is 0 Å². The lowest BCUT2D eigenvalue weighted by Crippen LogP contribution is -2.42. The highest BCUT2D eigenvalue weighted by molar-refractivity contribution is 7.97. The molecule has 3 aromatic carbocycles. The van der Waals surface area contributed by atoms with Gasteiger partial charge >= 0.3 is 15.4 Å². The Labute approximate surface area is 212 Å². The Morgan fingerprint density at radius 1 is 1.00 bits per heavy atom. The monoisotopic (exact) mass is 537 g/mol. The molecule has 0 radical (unpaired) electrons. The highest BCUT2D eigenvalue weighted by atomic mass is 32.2. The summed E-state index contributed by atoms with van der Waals surface area (Å²) in [6, 6.07) is 24.4. The van der Waals surface area contributed by atoms with E-state index in [0.717, 1.165) is 27.2 Å². The second-order valence-electron chi connectivity index (χ2n) is 8.60. The lowest BCUT2D eigenvalue weighted by molar-refractivity contribution is -0.159. The largest absolute Gasteiger partial charge is 0.483 e. The number of benzene rings is 3. The summed E-state index contributed by atoms with van der Waals surface area (Å²) in [6.45, 7) is 5.27. The van der Waals surface area contributed by atoms with Crippen LogP contribution in [0.5, 0.6) is 5.75 Å². The highest BCUT2D eigenvalue weighted by Gasteiger charge is 2.51. The molecule has 0 saturated carbocycles. The maximum atomic E-state index is 13.9. The summed E-state index contributed by atoms with van der Waals surface area (Å²) in [5, 5.41) is -4.44. The summed E-state index contributed by atoms with van der Waals surface area (Å²) < 4.78 is 75.5. The summed E-state index contributed by atoms with van der Waals surface area (Å²) in [5.41, 5.74) is 0.907. The van der Waals surface area contributed by atoms with Gasteiger partial charge in [0.1, 0.15) is 5.75 Å². The van der Waals surface area contributed by atoms with E-state index in [2.05, 4.69) is 0 Å². The molecule has 1 aliphatic rings. The summed E-state index contributed by atoms with van der Waals surface area (Å²) in [7, 11) is -6.13. The van der Waals surface area contributed by atoms with Crippen molar-refractivity contribution < 1.29 is 36.0 Å². The summed E-state index contributed by atoms with van der Waals surface area (Å²) in [4.78, 5) is 2.99. The van der Waals surface area contributed by atoms with Gasteiger partial charge in [-0.05, 0) is 81.4 Å². The zero-order chi connectivity index (χ0) is 26.1. The third kappa shape index (κ3) is 5.42. The molecule has 1 N–H and O–H groups in total. The van der Waals surface area contributed by atoms with E-state index in [-0.39, 0.29) is 11.9 Å². The van der Waals surface area contributed by atoms with Crippen molar-refractivity contribution >= 4 is 21.0 Å². The Morgan fingerprint density at radius 2 is 1.53 bits per heavy atom. The van der Waals surface area contributed by atoms with Crippen molar-refractivity contribution in [2.75, 3.05) is 6.61 Å². The molecule has 4 atom stereocenters. The van der Waals surface area contributed by atoms with Crippen LogP contribution in [0.15, 0.2) is 93.5 Å². The van der Waals surface area contributed by atoms with E-state index in [1.165, 1.54) is 12.1 Å². The molecule has 0 spiro atoms. The number of alkyl halides is 2. The number of hydrogen-bond donors (Lipinski definition) is 1. The van der Waals surface area contributed by atoms with Crippen LogP contribution in [0.1, 0.15) is 26.3 Å². The van der Waals surface area contributed by atoms with Gasteiger partial charge in [-0.25, -0.2) is 0 Å². The number of rotatable bonds is 8. The van der Waals surface area contributed by atoms with E-state index in [0.29, 0.717) is 6.61 Å². The summed E-state index contributed by atoms with van der Waals surface area (Å²) >= 11 is 0. The van der Waals surface area contributed by atoms with Crippen LogP contribution < -0.4 is 4.74 Å². The highest BCUT2D eigenvalue weighted by Crippen LogP contribution is 2.37. The molecule has 0 bridgehead atoms. The standard InChI is InChI=1S/C26H26F2O6S2/c1-18-17-32-25(3,34-18)20-9-13-23(14-10-20)35(22-7-5-4-6-8-22)24-15-11-21(12-16-24)33-19(2)26(27,28)36(29,30)31/h4-16,18-19H,17H2,1-3H3/p+1. The first-order valence-corrected chi connectivity index (χ1v) is 13.9. The molecule has 1 fully saturated rings. The average molecular weight is 538 g/mol. The molecule has 1 saturated heterocycles. The first-order chi connectivity index (χ1) is 16.9. The van der Waals surface area contributed by atoms with Gasteiger partial charge in [0.15, 0.2) is 26.6 Å². The Bertz CT molecular complexity index is 1280. The summed E-state index contributed by atoms with van der Waals surface area (Å²) in [5.74, 6) is -0.748. The normalized spacial score (nSPS) is 22.2. The van der Waals surface area contributed by atoms with E-state index in [1.807, 2.05) is 68.4 Å². The third-order valence-electron chi connectivity index (χ3n) is 5.80. The Hall–Kier alpha value is -2.50. The second kappa shape index (κ2) is 10.1. The van der Waals surface area contributed by atoms with Crippen LogP contribution in [0.3, 0.4) is 0 Å². The minimum atomic E-state index is -5.61. The molecule has 0 aromatic heterocycles. The quantitative estimate of drug-likeness (QED) is 0.296. The van der Waals surface area contributed by atoms with E-state index in [4.69, 9.17) is 18.8 Å². The number of hydrogen-bond acceptors (Lipinski definition) is 5. The second-order valence-corrected chi connectivity index (χ2v) is 12.1. The molecule has 0 aliphatic carbocycles. The van der Waals surface area contributed by atoms with Gasteiger partial charge < -0.3 is 14.2 Å². The van der Waals surface area contributed by atoms with Crippen molar-refractivity contribution in [3.8, 4) is 5.75 Å². The van der Waals surface area contributed by atoms with E-state index < -0.39 is 38.2 Å². The molecular weight excluding hydrogens is 510 g/mol. The van der Waals surface area contributed by atoms with Gasteiger partial charge in [0.2, 0.25) is 0 Å².